The number of rotatable bonds is 3. The number of fused-ring (bicyclic) bond motifs is 1. The highest BCUT2D eigenvalue weighted by molar-refractivity contribution is 5.79. The van der Waals surface area contributed by atoms with E-state index < -0.39 is 0 Å². The molecular weight excluding hydrogens is 362 g/mol. The first-order chi connectivity index (χ1) is 14.3. The van der Waals surface area contributed by atoms with Gasteiger partial charge in [-0.15, -0.1) is 10.2 Å². The van der Waals surface area contributed by atoms with E-state index in [1.165, 1.54) is 5.57 Å². The molecule has 7 heteroatoms. The molecule has 1 aliphatic heterocycles. The third kappa shape index (κ3) is 3.11. The first-order valence-electron chi connectivity index (χ1n) is 9.38. The monoisotopic (exact) mass is 379 g/mol. The van der Waals surface area contributed by atoms with E-state index in [1.54, 1.807) is 18.6 Å². The topological polar surface area (TPSA) is 83.0 Å². The van der Waals surface area contributed by atoms with Crippen molar-refractivity contribution >= 4 is 17.0 Å². The van der Waals surface area contributed by atoms with Gasteiger partial charge in [-0.2, -0.15) is 5.26 Å². The molecule has 0 unspecified atom stereocenters. The lowest BCUT2D eigenvalue weighted by molar-refractivity contribution is 0.817. The predicted molar refractivity (Wildman–Crippen MR) is 110 cm³/mol. The van der Waals surface area contributed by atoms with Crippen molar-refractivity contribution in [3.05, 3.63) is 78.6 Å². The first kappa shape index (κ1) is 17.1. The van der Waals surface area contributed by atoms with Crippen molar-refractivity contribution < 1.29 is 0 Å². The molecule has 0 radical (unpaired) electrons. The van der Waals surface area contributed by atoms with Crippen molar-refractivity contribution in [3.8, 4) is 17.2 Å². The van der Waals surface area contributed by atoms with Crippen LogP contribution in [0.2, 0.25) is 0 Å². The van der Waals surface area contributed by atoms with Crippen LogP contribution >= 0.6 is 0 Å². The summed E-state index contributed by atoms with van der Waals surface area (Å²) >= 11 is 0. The van der Waals surface area contributed by atoms with Crippen LogP contribution in [-0.4, -0.2) is 37.7 Å². The molecule has 0 atom stereocenters. The normalized spacial score (nSPS) is 13.9. The molecule has 140 valence electrons. The van der Waals surface area contributed by atoms with E-state index in [-0.39, 0.29) is 0 Å². The molecule has 0 bridgehead atoms. The van der Waals surface area contributed by atoms with Crippen LogP contribution in [0.4, 0.5) is 5.82 Å². The van der Waals surface area contributed by atoms with E-state index in [4.69, 9.17) is 5.26 Å². The molecule has 7 nitrogen and oxygen atoms in total. The fraction of sp³-hybridized carbons (Fsp3) is 0.136. The summed E-state index contributed by atoms with van der Waals surface area (Å²) < 4.78 is 1.94. The molecular formula is C22H17N7. The summed E-state index contributed by atoms with van der Waals surface area (Å²) in [6.45, 7) is 1.62. The third-order valence-corrected chi connectivity index (χ3v) is 5.15. The molecule has 0 saturated carbocycles. The molecule has 0 fully saturated rings. The number of aromatic nitrogens is 5. The van der Waals surface area contributed by atoms with E-state index in [1.807, 2.05) is 41.1 Å². The molecule has 1 aliphatic rings. The lowest BCUT2D eigenvalue weighted by Gasteiger charge is -2.29. The van der Waals surface area contributed by atoms with E-state index in [0.717, 1.165) is 47.7 Å². The van der Waals surface area contributed by atoms with E-state index in [9.17, 15) is 0 Å². The molecule has 5 rings (SSSR count). The van der Waals surface area contributed by atoms with Crippen LogP contribution in [0, 0.1) is 11.3 Å². The van der Waals surface area contributed by atoms with Crippen LogP contribution in [0.5, 0.6) is 0 Å². The van der Waals surface area contributed by atoms with Crippen LogP contribution in [-0.2, 0) is 0 Å². The highest BCUT2D eigenvalue weighted by Crippen LogP contribution is 2.32. The standard InChI is InChI=1S/C22H17N7/c23-13-18-6-5-17(14-25-18)20-3-1-9-24-21(20)28-11-7-16(8-12-28)19-4-2-10-29-15-26-27-22(19)29/h1-7,9-10,14-15H,8,11-12H2. The Bertz CT molecular complexity index is 1250. The van der Waals surface area contributed by atoms with Crippen LogP contribution in [0.15, 0.2) is 67.4 Å². The zero-order valence-corrected chi connectivity index (χ0v) is 15.6. The molecule has 0 N–H and O–H groups in total. The summed E-state index contributed by atoms with van der Waals surface area (Å²) in [5.41, 5.74) is 5.66. The zero-order valence-electron chi connectivity index (χ0n) is 15.6. The first-order valence-corrected chi connectivity index (χ1v) is 9.38. The van der Waals surface area contributed by atoms with Crippen molar-refractivity contribution in [3.63, 3.8) is 0 Å². The minimum atomic E-state index is 0.410. The summed E-state index contributed by atoms with van der Waals surface area (Å²) in [5, 5.41) is 17.3. The van der Waals surface area contributed by atoms with Gasteiger partial charge in [-0.25, -0.2) is 9.97 Å². The Morgan fingerprint density at radius 1 is 1.03 bits per heavy atom. The Morgan fingerprint density at radius 2 is 1.97 bits per heavy atom. The Hall–Kier alpha value is -4.05. The van der Waals surface area contributed by atoms with Crippen LogP contribution < -0.4 is 4.90 Å². The molecule has 0 spiro atoms. The minimum Gasteiger partial charge on any atom is -0.352 e. The van der Waals surface area contributed by atoms with Crippen molar-refractivity contribution in [2.45, 2.75) is 6.42 Å². The number of pyridine rings is 3. The Labute approximate surface area is 167 Å². The van der Waals surface area contributed by atoms with Crippen molar-refractivity contribution in [1.82, 2.24) is 24.6 Å². The average molecular weight is 379 g/mol. The van der Waals surface area contributed by atoms with Gasteiger partial charge in [-0.05, 0) is 48.4 Å². The van der Waals surface area contributed by atoms with Gasteiger partial charge in [-0.3, -0.25) is 4.40 Å². The number of anilines is 1. The van der Waals surface area contributed by atoms with E-state index >= 15 is 0 Å². The summed E-state index contributed by atoms with van der Waals surface area (Å²) in [6.07, 6.45) is 10.4. The molecule has 4 aromatic rings. The van der Waals surface area contributed by atoms with Crippen molar-refractivity contribution in [2.75, 3.05) is 18.0 Å². The van der Waals surface area contributed by atoms with Crippen LogP contribution in [0.3, 0.4) is 0 Å². The maximum atomic E-state index is 8.98. The average Bonchev–Trinajstić information content (AvgIpc) is 3.28. The summed E-state index contributed by atoms with van der Waals surface area (Å²) in [7, 11) is 0. The fourth-order valence-corrected chi connectivity index (χ4v) is 3.70. The molecule has 0 saturated heterocycles. The zero-order chi connectivity index (χ0) is 19.6. The Kier molecular flexibility index (Phi) is 4.22. The highest BCUT2D eigenvalue weighted by Gasteiger charge is 2.19. The number of nitriles is 1. The summed E-state index contributed by atoms with van der Waals surface area (Å²) in [5.74, 6) is 0.926. The lowest BCUT2D eigenvalue weighted by Crippen LogP contribution is -2.29. The van der Waals surface area contributed by atoms with Crippen LogP contribution in [0.25, 0.3) is 22.3 Å². The van der Waals surface area contributed by atoms with Crippen molar-refractivity contribution in [2.24, 2.45) is 0 Å². The Balaban J connectivity index is 1.45. The molecule has 5 heterocycles. The molecule has 4 aromatic heterocycles. The predicted octanol–water partition coefficient (Wildman–Crippen LogP) is 3.35. The summed E-state index contributed by atoms with van der Waals surface area (Å²) in [4.78, 5) is 11.1. The van der Waals surface area contributed by atoms with Gasteiger partial charge in [0, 0.05) is 48.4 Å². The van der Waals surface area contributed by atoms with Gasteiger partial charge in [-0.1, -0.05) is 6.08 Å². The molecule has 0 aromatic carbocycles. The van der Waals surface area contributed by atoms with Gasteiger partial charge >= 0.3 is 0 Å². The quantitative estimate of drug-likeness (QED) is 0.543. The highest BCUT2D eigenvalue weighted by atomic mass is 15.2. The number of hydrogen-bond donors (Lipinski definition) is 0. The van der Waals surface area contributed by atoms with Gasteiger partial charge in [0.2, 0.25) is 0 Å². The van der Waals surface area contributed by atoms with Crippen LogP contribution in [0.1, 0.15) is 17.7 Å². The maximum absolute atomic E-state index is 8.98. The second-order valence-electron chi connectivity index (χ2n) is 6.83. The van der Waals surface area contributed by atoms with Crippen molar-refractivity contribution in [1.29, 1.82) is 5.26 Å². The second-order valence-corrected chi connectivity index (χ2v) is 6.83. The smallest absolute Gasteiger partial charge is 0.168 e. The van der Waals surface area contributed by atoms with Gasteiger partial charge in [0.25, 0.3) is 0 Å². The third-order valence-electron chi connectivity index (χ3n) is 5.15. The van der Waals surface area contributed by atoms with E-state index in [0.29, 0.717) is 5.69 Å². The molecule has 29 heavy (non-hydrogen) atoms. The van der Waals surface area contributed by atoms with Gasteiger partial charge in [0.1, 0.15) is 23.9 Å². The lowest BCUT2D eigenvalue weighted by atomic mass is 9.99. The van der Waals surface area contributed by atoms with Gasteiger partial charge < -0.3 is 4.90 Å². The minimum absolute atomic E-state index is 0.410. The molecule has 0 aliphatic carbocycles. The maximum Gasteiger partial charge on any atom is 0.168 e. The van der Waals surface area contributed by atoms with Gasteiger partial charge in [0.15, 0.2) is 5.65 Å². The Morgan fingerprint density at radius 3 is 2.76 bits per heavy atom. The largest absolute Gasteiger partial charge is 0.352 e. The molecule has 0 amide bonds. The number of hydrogen-bond acceptors (Lipinski definition) is 6. The van der Waals surface area contributed by atoms with Gasteiger partial charge in [0.05, 0.1) is 0 Å². The fourth-order valence-electron chi connectivity index (χ4n) is 3.70. The van der Waals surface area contributed by atoms with E-state index in [2.05, 4.69) is 43.3 Å². The second kappa shape index (κ2) is 7.17. The summed E-state index contributed by atoms with van der Waals surface area (Å²) in [6, 6.07) is 13.8. The number of nitrogens with zero attached hydrogens (tertiary/aromatic N) is 7. The SMILES string of the molecule is N#Cc1ccc(-c2cccnc2N2CC=C(c3cccn4cnnc34)CC2)cn1.